The second kappa shape index (κ2) is 6.58. The van der Waals surface area contributed by atoms with Crippen LogP contribution in [0.15, 0.2) is 12.2 Å². The molecule has 0 atom stereocenters. The van der Waals surface area contributed by atoms with Crippen LogP contribution in [0.1, 0.15) is 12.8 Å². The van der Waals surface area contributed by atoms with Gasteiger partial charge in [-0.1, -0.05) is 6.08 Å². The second-order valence-corrected chi connectivity index (χ2v) is 3.91. The Bertz CT molecular complexity index is 221. The lowest BCUT2D eigenvalue weighted by Gasteiger charge is -2.29. The third-order valence-electron chi connectivity index (χ3n) is 2.70. The Kier molecular flexibility index (Phi) is 5.36. The van der Waals surface area contributed by atoms with Crippen molar-refractivity contribution in [3.63, 3.8) is 0 Å². The Morgan fingerprint density at radius 3 is 2.80 bits per heavy atom. The molecule has 0 aromatic rings. The number of likely N-dealkylation sites (tertiary alicyclic amines) is 1. The zero-order valence-electron chi connectivity index (χ0n) is 9.53. The highest BCUT2D eigenvalue weighted by Crippen LogP contribution is 2.07. The van der Waals surface area contributed by atoms with Crippen LogP contribution in [-0.2, 0) is 9.53 Å². The molecule has 4 heteroatoms. The van der Waals surface area contributed by atoms with Gasteiger partial charge < -0.3 is 15.0 Å². The number of rotatable bonds is 4. The smallest absolute Gasteiger partial charge is 0.330 e. The van der Waals surface area contributed by atoms with Crippen LogP contribution in [0, 0.1) is 0 Å². The molecule has 0 amide bonds. The maximum atomic E-state index is 10.8. The van der Waals surface area contributed by atoms with E-state index in [0.717, 1.165) is 19.6 Å². The van der Waals surface area contributed by atoms with E-state index in [1.165, 1.54) is 26.0 Å². The summed E-state index contributed by atoms with van der Waals surface area (Å²) in [6.45, 7) is 3.04. The van der Waals surface area contributed by atoms with Gasteiger partial charge in [0.25, 0.3) is 0 Å². The number of esters is 1. The van der Waals surface area contributed by atoms with Gasteiger partial charge in [0, 0.05) is 18.7 Å². The number of piperidine rings is 1. The van der Waals surface area contributed by atoms with Crippen molar-refractivity contribution in [1.82, 2.24) is 10.2 Å². The minimum atomic E-state index is -0.292. The molecule has 86 valence electrons. The van der Waals surface area contributed by atoms with Gasteiger partial charge in [-0.3, -0.25) is 0 Å². The molecule has 0 saturated carbocycles. The zero-order valence-corrected chi connectivity index (χ0v) is 9.53. The summed E-state index contributed by atoms with van der Waals surface area (Å²) in [6, 6.07) is 0.587. The highest BCUT2D eigenvalue weighted by Gasteiger charge is 2.14. The molecule has 1 heterocycles. The molecule has 15 heavy (non-hydrogen) atoms. The molecule has 0 unspecified atom stereocenters. The van der Waals surface area contributed by atoms with Gasteiger partial charge in [-0.15, -0.1) is 0 Å². The van der Waals surface area contributed by atoms with Crippen molar-refractivity contribution in [3.05, 3.63) is 12.2 Å². The van der Waals surface area contributed by atoms with Gasteiger partial charge in [-0.2, -0.15) is 0 Å². The largest absolute Gasteiger partial charge is 0.466 e. The first kappa shape index (κ1) is 12.2. The van der Waals surface area contributed by atoms with E-state index in [-0.39, 0.29) is 5.97 Å². The first-order valence-electron chi connectivity index (χ1n) is 5.39. The summed E-state index contributed by atoms with van der Waals surface area (Å²) in [4.78, 5) is 13.1. The number of carbonyl (C=O) groups excluding carboxylic acids is 1. The molecule has 0 radical (unpaired) electrons. The van der Waals surface area contributed by atoms with E-state index in [4.69, 9.17) is 0 Å². The molecular formula is C11H20N2O2. The molecule has 0 bridgehead atoms. The van der Waals surface area contributed by atoms with E-state index in [2.05, 4.69) is 22.0 Å². The van der Waals surface area contributed by atoms with E-state index >= 15 is 0 Å². The Morgan fingerprint density at radius 2 is 2.20 bits per heavy atom. The van der Waals surface area contributed by atoms with Gasteiger partial charge in [0.15, 0.2) is 0 Å². The van der Waals surface area contributed by atoms with Gasteiger partial charge in [-0.05, 0) is 33.0 Å². The number of carbonyl (C=O) groups is 1. The number of hydrogen-bond acceptors (Lipinski definition) is 4. The van der Waals surface area contributed by atoms with E-state index in [0.29, 0.717) is 6.04 Å². The average molecular weight is 212 g/mol. The molecule has 0 aromatic carbocycles. The van der Waals surface area contributed by atoms with Crippen LogP contribution in [0.2, 0.25) is 0 Å². The highest BCUT2D eigenvalue weighted by atomic mass is 16.5. The summed E-state index contributed by atoms with van der Waals surface area (Å²) < 4.78 is 4.50. The first-order valence-corrected chi connectivity index (χ1v) is 5.39. The summed E-state index contributed by atoms with van der Waals surface area (Å²) in [6.07, 6.45) is 5.64. The molecule has 1 fully saturated rings. The maximum Gasteiger partial charge on any atom is 0.330 e. The SMILES string of the molecule is COC(=O)/C=C/CNC1CCN(C)CC1. The number of hydrogen-bond donors (Lipinski definition) is 1. The van der Waals surface area contributed by atoms with E-state index < -0.39 is 0 Å². The van der Waals surface area contributed by atoms with Gasteiger partial charge in [-0.25, -0.2) is 4.79 Å². The molecule has 1 saturated heterocycles. The zero-order chi connectivity index (χ0) is 11.1. The molecule has 1 rings (SSSR count). The van der Waals surface area contributed by atoms with Crippen LogP contribution in [0.3, 0.4) is 0 Å². The topological polar surface area (TPSA) is 41.6 Å². The fraction of sp³-hybridized carbons (Fsp3) is 0.727. The third-order valence-corrected chi connectivity index (χ3v) is 2.70. The predicted octanol–water partition coefficient (Wildman–Crippen LogP) is 0.399. The molecule has 0 aliphatic carbocycles. The van der Waals surface area contributed by atoms with E-state index in [1.54, 1.807) is 0 Å². The molecular weight excluding hydrogens is 192 g/mol. The number of nitrogens with zero attached hydrogens (tertiary/aromatic N) is 1. The Labute approximate surface area is 91.3 Å². The number of methoxy groups -OCH3 is 1. The molecule has 0 aromatic heterocycles. The highest BCUT2D eigenvalue weighted by molar-refractivity contribution is 5.81. The van der Waals surface area contributed by atoms with Crippen molar-refractivity contribution in [1.29, 1.82) is 0 Å². The van der Waals surface area contributed by atoms with Crippen LogP contribution < -0.4 is 5.32 Å². The van der Waals surface area contributed by atoms with Crippen molar-refractivity contribution in [3.8, 4) is 0 Å². The van der Waals surface area contributed by atoms with E-state index in [1.807, 2.05) is 6.08 Å². The quantitative estimate of drug-likeness (QED) is 0.541. The van der Waals surface area contributed by atoms with Crippen molar-refractivity contribution in [2.75, 3.05) is 33.8 Å². The van der Waals surface area contributed by atoms with Crippen LogP contribution >= 0.6 is 0 Å². The van der Waals surface area contributed by atoms with Crippen molar-refractivity contribution in [2.45, 2.75) is 18.9 Å². The summed E-state index contributed by atoms with van der Waals surface area (Å²) >= 11 is 0. The van der Waals surface area contributed by atoms with Crippen molar-refractivity contribution >= 4 is 5.97 Å². The van der Waals surface area contributed by atoms with E-state index in [9.17, 15) is 4.79 Å². The minimum absolute atomic E-state index is 0.292. The predicted molar refractivity (Wildman–Crippen MR) is 59.7 cm³/mol. The summed E-state index contributed by atoms with van der Waals surface area (Å²) in [5.74, 6) is -0.292. The third kappa shape index (κ3) is 4.95. The Balaban J connectivity index is 2.10. The Hall–Kier alpha value is -0.870. The molecule has 1 N–H and O–H groups in total. The first-order chi connectivity index (χ1) is 7.22. The van der Waals surface area contributed by atoms with Crippen LogP contribution in [0.25, 0.3) is 0 Å². The minimum Gasteiger partial charge on any atom is -0.466 e. The second-order valence-electron chi connectivity index (χ2n) is 3.91. The fourth-order valence-electron chi connectivity index (χ4n) is 1.67. The lowest BCUT2D eigenvalue weighted by atomic mass is 10.1. The molecule has 1 aliphatic rings. The molecule has 1 aliphatic heterocycles. The fourth-order valence-corrected chi connectivity index (χ4v) is 1.67. The standard InChI is InChI=1S/C11H20N2O2/c1-13-8-5-10(6-9-13)12-7-3-4-11(14)15-2/h3-4,10,12H,5-9H2,1-2H3/b4-3+. The molecule has 4 nitrogen and oxygen atoms in total. The van der Waals surface area contributed by atoms with Crippen LogP contribution in [0.5, 0.6) is 0 Å². The van der Waals surface area contributed by atoms with Crippen molar-refractivity contribution in [2.24, 2.45) is 0 Å². The van der Waals surface area contributed by atoms with Gasteiger partial charge in [0.1, 0.15) is 0 Å². The van der Waals surface area contributed by atoms with Crippen LogP contribution in [0.4, 0.5) is 0 Å². The van der Waals surface area contributed by atoms with Gasteiger partial charge in [0.05, 0.1) is 7.11 Å². The van der Waals surface area contributed by atoms with Crippen molar-refractivity contribution < 1.29 is 9.53 Å². The van der Waals surface area contributed by atoms with Gasteiger partial charge >= 0.3 is 5.97 Å². The summed E-state index contributed by atoms with van der Waals surface area (Å²) in [5.41, 5.74) is 0. The summed E-state index contributed by atoms with van der Waals surface area (Å²) in [5, 5.41) is 3.40. The molecule has 0 spiro atoms. The monoisotopic (exact) mass is 212 g/mol. The maximum absolute atomic E-state index is 10.8. The lowest BCUT2D eigenvalue weighted by molar-refractivity contribution is -0.134. The number of nitrogens with one attached hydrogen (secondary N) is 1. The number of ether oxygens (including phenoxy) is 1. The summed E-state index contributed by atoms with van der Waals surface area (Å²) in [7, 11) is 3.53. The lowest BCUT2D eigenvalue weighted by Crippen LogP contribution is -2.40. The normalized spacial score (nSPS) is 19.6. The van der Waals surface area contributed by atoms with Crippen LogP contribution in [-0.4, -0.2) is 50.7 Å². The Morgan fingerprint density at radius 1 is 1.53 bits per heavy atom. The van der Waals surface area contributed by atoms with Gasteiger partial charge in [0.2, 0.25) is 0 Å². The average Bonchev–Trinajstić information content (AvgIpc) is 2.26.